The van der Waals surface area contributed by atoms with Gasteiger partial charge in [0, 0.05) is 32.8 Å². The molecular weight excluding hydrogens is 202 g/mol. The van der Waals surface area contributed by atoms with Crippen LogP contribution in [0, 0.1) is 0 Å². The first-order valence-corrected chi connectivity index (χ1v) is 6.52. The lowest BCUT2D eigenvalue weighted by molar-refractivity contribution is 0.0674. The van der Waals surface area contributed by atoms with E-state index in [0.29, 0.717) is 6.54 Å². The van der Waals surface area contributed by atoms with Gasteiger partial charge in [-0.25, -0.2) is 0 Å². The highest BCUT2D eigenvalue weighted by Gasteiger charge is 2.29. The third-order valence-electron chi connectivity index (χ3n) is 3.95. The van der Waals surface area contributed by atoms with Crippen LogP contribution in [0.25, 0.3) is 0 Å². The summed E-state index contributed by atoms with van der Waals surface area (Å²) in [5.74, 6) is 0. The Labute approximate surface area is 98.7 Å². The summed E-state index contributed by atoms with van der Waals surface area (Å²) >= 11 is 0. The van der Waals surface area contributed by atoms with Crippen LogP contribution < -0.4 is 5.73 Å². The molecule has 0 aromatic rings. The summed E-state index contributed by atoms with van der Waals surface area (Å²) in [4.78, 5) is 5.20. The molecule has 16 heavy (non-hydrogen) atoms. The van der Waals surface area contributed by atoms with E-state index in [1.165, 1.54) is 45.4 Å². The van der Waals surface area contributed by atoms with Crippen LogP contribution in [0.4, 0.5) is 0 Å². The third-order valence-corrected chi connectivity index (χ3v) is 3.95. The van der Waals surface area contributed by atoms with Gasteiger partial charge < -0.3 is 10.5 Å². The molecule has 2 saturated heterocycles. The molecule has 0 amide bonds. The zero-order chi connectivity index (χ0) is 11.4. The van der Waals surface area contributed by atoms with E-state index >= 15 is 0 Å². The minimum Gasteiger partial charge on any atom is -0.379 e. The molecule has 4 heteroatoms. The van der Waals surface area contributed by atoms with Crippen LogP contribution in [0.2, 0.25) is 0 Å². The molecule has 0 aromatic heterocycles. The minimum absolute atomic E-state index is 0.202. The Hall–Kier alpha value is -0.160. The Balaban J connectivity index is 1.85. The van der Waals surface area contributed by atoms with Gasteiger partial charge in [-0.15, -0.1) is 0 Å². The maximum absolute atomic E-state index is 5.68. The standard InChI is InChI=1S/C12H25N3O/c1-16-12(8-13)10-14-5-3-7-15-6-2-4-11(15)9-14/h11-12H,2-10,13H2,1H3. The van der Waals surface area contributed by atoms with E-state index in [0.717, 1.165) is 12.6 Å². The normalized spacial score (nSPS) is 30.0. The minimum atomic E-state index is 0.202. The van der Waals surface area contributed by atoms with Crippen LogP contribution in [0.5, 0.6) is 0 Å². The molecule has 2 N–H and O–H groups in total. The lowest BCUT2D eigenvalue weighted by Crippen LogP contribution is -2.42. The van der Waals surface area contributed by atoms with Gasteiger partial charge in [0.25, 0.3) is 0 Å². The van der Waals surface area contributed by atoms with Crippen molar-refractivity contribution in [3.05, 3.63) is 0 Å². The first kappa shape index (κ1) is 12.3. The zero-order valence-corrected chi connectivity index (χ0v) is 10.4. The molecule has 2 aliphatic rings. The lowest BCUT2D eigenvalue weighted by Gasteiger charge is -2.28. The van der Waals surface area contributed by atoms with Gasteiger partial charge in [-0.05, 0) is 38.9 Å². The molecule has 2 atom stereocenters. The van der Waals surface area contributed by atoms with Crippen molar-refractivity contribution in [2.45, 2.75) is 31.4 Å². The topological polar surface area (TPSA) is 41.7 Å². The second kappa shape index (κ2) is 5.96. The fraction of sp³-hybridized carbons (Fsp3) is 1.00. The van der Waals surface area contributed by atoms with Crippen molar-refractivity contribution in [1.82, 2.24) is 9.80 Å². The molecule has 2 heterocycles. The Morgan fingerprint density at radius 2 is 2.12 bits per heavy atom. The molecule has 0 aromatic carbocycles. The van der Waals surface area contributed by atoms with Crippen molar-refractivity contribution in [2.24, 2.45) is 5.73 Å². The van der Waals surface area contributed by atoms with Crippen LogP contribution in [-0.4, -0.2) is 68.3 Å². The summed E-state index contributed by atoms with van der Waals surface area (Å²) in [6.45, 7) is 6.62. The summed E-state index contributed by atoms with van der Waals surface area (Å²) in [6.07, 6.45) is 4.24. The average molecular weight is 227 g/mol. The van der Waals surface area contributed by atoms with Crippen LogP contribution >= 0.6 is 0 Å². The highest BCUT2D eigenvalue weighted by Crippen LogP contribution is 2.21. The molecule has 0 spiro atoms. The number of nitrogens with zero attached hydrogens (tertiary/aromatic N) is 2. The summed E-state index contributed by atoms with van der Waals surface area (Å²) < 4.78 is 5.37. The zero-order valence-electron chi connectivity index (χ0n) is 10.4. The number of hydrogen-bond donors (Lipinski definition) is 1. The largest absolute Gasteiger partial charge is 0.379 e. The van der Waals surface area contributed by atoms with Gasteiger partial charge in [0.1, 0.15) is 0 Å². The molecule has 0 radical (unpaired) electrons. The smallest absolute Gasteiger partial charge is 0.0820 e. The second-order valence-corrected chi connectivity index (χ2v) is 5.04. The molecule has 0 bridgehead atoms. The van der Waals surface area contributed by atoms with E-state index in [1.54, 1.807) is 7.11 Å². The van der Waals surface area contributed by atoms with Crippen LogP contribution in [0.1, 0.15) is 19.3 Å². The monoisotopic (exact) mass is 227 g/mol. The predicted molar refractivity (Wildman–Crippen MR) is 65.5 cm³/mol. The van der Waals surface area contributed by atoms with Crippen LogP contribution in [-0.2, 0) is 4.74 Å². The quantitative estimate of drug-likeness (QED) is 0.741. The lowest BCUT2D eigenvalue weighted by atomic mass is 10.2. The number of ether oxygens (including phenoxy) is 1. The van der Waals surface area contributed by atoms with Crippen LogP contribution in [0.3, 0.4) is 0 Å². The summed E-state index contributed by atoms with van der Waals surface area (Å²) in [5, 5.41) is 0. The average Bonchev–Trinajstić information content (AvgIpc) is 2.65. The van der Waals surface area contributed by atoms with E-state index in [2.05, 4.69) is 9.80 Å². The highest BCUT2D eigenvalue weighted by atomic mass is 16.5. The van der Waals surface area contributed by atoms with E-state index in [4.69, 9.17) is 10.5 Å². The summed E-state index contributed by atoms with van der Waals surface area (Å²) in [5.41, 5.74) is 5.68. The molecule has 0 saturated carbocycles. The third kappa shape index (κ3) is 2.94. The highest BCUT2D eigenvalue weighted by molar-refractivity contribution is 4.85. The molecule has 2 aliphatic heterocycles. The molecule has 0 aliphatic carbocycles. The molecular formula is C12H25N3O. The number of hydrogen-bond acceptors (Lipinski definition) is 4. The summed E-state index contributed by atoms with van der Waals surface area (Å²) in [6, 6.07) is 0.790. The summed E-state index contributed by atoms with van der Waals surface area (Å²) in [7, 11) is 1.76. The van der Waals surface area contributed by atoms with Gasteiger partial charge in [-0.1, -0.05) is 0 Å². The molecule has 94 valence electrons. The van der Waals surface area contributed by atoms with Crippen molar-refractivity contribution < 1.29 is 4.74 Å². The first-order valence-electron chi connectivity index (χ1n) is 6.52. The van der Waals surface area contributed by atoms with Gasteiger partial charge in [0.05, 0.1) is 6.10 Å². The van der Waals surface area contributed by atoms with E-state index in [1.807, 2.05) is 0 Å². The maximum atomic E-state index is 5.68. The van der Waals surface area contributed by atoms with Crippen molar-refractivity contribution in [3.8, 4) is 0 Å². The van der Waals surface area contributed by atoms with Crippen molar-refractivity contribution in [1.29, 1.82) is 0 Å². The first-order chi connectivity index (χ1) is 7.83. The number of methoxy groups -OCH3 is 1. The Bertz CT molecular complexity index is 208. The number of fused-ring (bicyclic) bond motifs is 1. The molecule has 2 rings (SSSR count). The SMILES string of the molecule is COC(CN)CN1CCCN2CCCC2C1. The fourth-order valence-electron chi connectivity index (χ4n) is 2.98. The molecule has 2 unspecified atom stereocenters. The Morgan fingerprint density at radius 3 is 2.88 bits per heavy atom. The van der Waals surface area contributed by atoms with E-state index in [-0.39, 0.29) is 6.10 Å². The molecule has 2 fully saturated rings. The van der Waals surface area contributed by atoms with Gasteiger partial charge in [0.15, 0.2) is 0 Å². The maximum Gasteiger partial charge on any atom is 0.0820 e. The van der Waals surface area contributed by atoms with Gasteiger partial charge >= 0.3 is 0 Å². The van der Waals surface area contributed by atoms with Crippen molar-refractivity contribution >= 4 is 0 Å². The van der Waals surface area contributed by atoms with Gasteiger partial charge in [-0.2, -0.15) is 0 Å². The Morgan fingerprint density at radius 1 is 1.31 bits per heavy atom. The van der Waals surface area contributed by atoms with Gasteiger partial charge in [-0.3, -0.25) is 9.80 Å². The Kier molecular flexibility index (Phi) is 4.58. The fourth-order valence-corrected chi connectivity index (χ4v) is 2.98. The molecule has 4 nitrogen and oxygen atoms in total. The van der Waals surface area contributed by atoms with Crippen LogP contribution in [0.15, 0.2) is 0 Å². The number of rotatable bonds is 4. The van der Waals surface area contributed by atoms with E-state index < -0.39 is 0 Å². The predicted octanol–water partition coefficient (Wildman–Crippen LogP) is 0.130. The second-order valence-electron chi connectivity index (χ2n) is 5.04. The van der Waals surface area contributed by atoms with E-state index in [9.17, 15) is 0 Å². The van der Waals surface area contributed by atoms with Crippen molar-refractivity contribution in [3.63, 3.8) is 0 Å². The van der Waals surface area contributed by atoms with Crippen molar-refractivity contribution in [2.75, 3.05) is 46.4 Å². The van der Waals surface area contributed by atoms with Gasteiger partial charge in [0.2, 0.25) is 0 Å². The number of nitrogens with two attached hydrogens (primary N) is 1.